The van der Waals surface area contributed by atoms with Crippen molar-refractivity contribution in [2.24, 2.45) is 0 Å². The predicted octanol–water partition coefficient (Wildman–Crippen LogP) is 5.72. The van der Waals surface area contributed by atoms with Crippen LogP contribution in [0.4, 0.5) is 14.6 Å². The van der Waals surface area contributed by atoms with Gasteiger partial charge in [0.25, 0.3) is 5.56 Å². The van der Waals surface area contributed by atoms with Gasteiger partial charge in [0.05, 0.1) is 23.3 Å². The summed E-state index contributed by atoms with van der Waals surface area (Å²) in [5.41, 5.74) is 1.01. The molecule has 2 heterocycles. The van der Waals surface area contributed by atoms with Gasteiger partial charge in [0.15, 0.2) is 5.82 Å². The second kappa shape index (κ2) is 9.65. The number of halogens is 3. The molecule has 0 bridgehead atoms. The summed E-state index contributed by atoms with van der Waals surface area (Å²) in [6, 6.07) is 15.7. The van der Waals surface area contributed by atoms with Gasteiger partial charge in [0.2, 0.25) is 10.7 Å². The zero-order valence-electron chi connectivity index (χ0n) is 18.5. The standard InChI is InChI=1S/C25H16ClF2N3O4S/c1-34-22-11-17(14-3-2-4-16(27)9-14)18(26)12-21(22)31-20-13-19(28)23(10-15(20)5-6-25(31)32)36(33)30-24-7-8-35-29-24/h2-13H,1H3,(H,29,30). The van der Waals surface area contributed by atoms with Crippen LogP contribution in [-0.2, 0) is 11.4 Å². The van der Waals surface area contributed by atoms with E-state index in [1.807, 2.05) is 0 Å². The summed E-state index contributed by atoms with van der Waals surface area (Å²) in [5.74, 6) is -0.805. The van der Waals surface area contributed by atoms with Crippen molar-refractivity contribution in [2.75, 3.05) is 11.8 Å². The fourth-order valence-electron chi connectivity index (χ4n) is 3.80. The van der Waals surface area contributed by atoms with Crippen molar-refractivity contribution in [2.45, 2.75) is 4.90 Å². The SMILES string of the molecule is COc1cc(-c2cccc(F)c2)c(Cl)cc1-n1c(=O)ccc2cc([S+]([O-])Nc3ccon3)c(F)cc21. The predicted molar refractivity (Wildman–Crippen MR) is 133 cm³/mol. The lowest BCUT2D eigenvalue weighted by Gasteiger charge is -2.17. The third-order valence-corrected chi connectivity index (χ3v) is 6.85. The minimum atomic E-state index is -1.98. The van der Waals surface area contributed by atoms with Crippen LogP contribution in [0, 0.1) is 11.6 Å². The lowest BCUT2D eigenvalue weighted by Crippen LogP contribution is -2.19. The van der Waals surface area contributed by atoms with Crippen molar-refractivity contribution in [3.63, 3.8) is 0 Å². The highest BCUT2D eigenvalue weighted by atomic mass is 35.5. The molecular formula is C25H16ClF2N3O4S. The molecule has 0 fully saturated rings. The number of fused-ring (bicyclic) bond motifs is 1. The molecule has 2 aromatic heterocycles. The van der Waals surface area contributed by atoms with E-state index >= 15 is 4.39 Å². The van der Waals surface area contributed by atoms with Crippen LogP contribution in [0.2, 0.25) is 5.02 Å². The van der Waals surface area contributed by atoms with E-state index in [1.165, 1.54) is 60.4 Å². The van der Waals surface area contributed by atoms with Gasteiger partial charge >= 0.3 is 0 Å². The Morgan fingerprint density at radius 1 is 1.11 bits per heavy atom. The molecular weight excluding hydrogens is 512 g/mol. The van der Waals surface area contributed by atoms with E-state index in [-0.39, 0.29) is 32.7 Å². The van der Waals surface area contributed by atoms with Crippen molar-refractivity contribution in [3.8, 4) is 22.6 Å². The van der Waals surface area contributed by atoms with Gasteiger partial charge in [-0.1, -0.05) is 28.9 Å². The summed E-state index contributed by atoms with van der Waals surface area (Å²) in [6.45, 7) is 0. The summed E-state index contributed by atoms with van der Waals surface area (Å²) < 4.78 is 55.6. The number of pyridine rings is 1. The van der Waals surface area contributed by atoms with Crippen LogP contribution in [0.5, 0.6) is 5.75 Å². The lowest BCUT2D eigenvalue weighted by molar-refractivity contribution is 0.413. The van der Waals surface area contributed by atoms with E-state index in [9.17, 15) is 13.7 Å². The Hall–Kier alpha value is -3.86. The highest BCUT2D eigenvalue weighted by molar-refractivity contribution is 7.92. The quantitative estimate of drug-likeness (QED) is 0.284. The Morgan fingerprint density at radius 3 is 2.67 bits per heavy atom. The molecule has 0 amide bonds. The molecule has 0 saturated carbocycles. The van der Waals surface area contributed by atoms with Crippen LogP contribution in [0.1, 0.15) is 0 Å². The van der Waals surface area contributed by atoms with Crippen LogP contribution in [0.3, 0.4) is 0 Å². The van der Waals surface area contributed by atoms with Gasteiger partial charge in [-0.2, -0.15) is 4.72 Å². The summed E-state index contributed by atoms with van der Waals surface area (Å²) >= 11 is 4.55. The molecule has 5 rings (SSSR count). The molecule has 7 nitrogen and oxygen atoms in total. The Bertz CT molecular complexity index is 1640. The first-order valence-corrected chi connectivity index (χ1v) is 12.0. The van der Waals surface area contributed by atoms with Crippen LogP contribution in [-0.4, -0.2) is 21.4 Å². The van der Waals surface area contributed by atoms with Crippen molar-refractivity contribution >= 4 is 39.7 Å². The molecule has 11 heteroatoms. The first-order valence-electron chi connectivity index (χ1n) is 10.4. The first-order chi connectivity index (χ1) is 17.4. The molecule has 1 atom stereocenters. The number of methoxy groups -OCH3 is 1. The van der Waals surface area contributed by atoms with E-state index in [1.54, 1.807) is 18.2 Å². The van der Waals surface area contributed by atoms with E-state index in [0.717, 1.165) is 6.07 Å². The molecule has 1 unspecified atom stereocenters. The Balaban J connectivity index is 1.65. The summed E-state index contributed by atoms with van der Waals surface area (Å²) in [5, 5.41) is 4.28. The van der Waals surface area contributed by atoms with Crippen LogP contribution >= 0.6 is 11.6 Å². The molecule has 5 aromatic rings. The Kier molecular flexibility index (Phi) is 6.40. The monoisotopic (exact) mass is 527 g/mol. The molecule has 0 spiro atoms. The fourth-order valence-corrected chi connectivity index (χ4v) is 4.95. The summed E-state index contributed by atoms with van der Waals surface area (Å²) in [4.78, 5) is 12.8. The highest BCUT2D eigenvalue weighted by Gasteiger charge is 2.22. The van der Waals surface area contributed by atoms with Crippen molar-refractivity contribution in [1.82, 2.24) is 9.72 Å². The van der Waals surface area contributed by atoms with Gasteiger partial charge in [0.1, 0.15) is 29.2 Å². The van der Waals surface area contributed by atoms with Crippen molar-refractivity contribution in [1.29, 1.82) is 0 Å². The van der Waals surface area contributed by atoms with Crippen molar-refractivity contribution < 1.29 is 22.6 Å². The van der Waals surface area contributed by atoms with E-state index < -0.39 is 28.6 Å². The Labute approximate surface area is 211 Å². The maximum Gasteiger partial charge on any atom is 0.255 e. The Morgan fingerprint density at radius 2 is 1.94 bits per heavy atom. The summed E-state index contributed by atoms with van der Waals surface area (Å²) in [6.07, 6.45) is 1.28. The highest BCUT2D eigenvalue weighted by Crippen LogP contribution is 2.37. The van der Waals surface area contributed by atoms with Gasteiger partial charge < -0.3 is 13.8 Å². The molecule has 36 heavy (non-hydrogen) atoms. The minimum Gasteiger partial charge on any atom is -0.588 e. The number of anilines is 1. The number of nitrogens with one attached hydrogen (secondary N) is 1. The minimum absolute atomic E-state index is 0.137. The van der Waals surface area contributed by atoms with E-state index in [2.05, 4.69) is 14.4 Å². The molecule has 0 aliphatic heterocycles. The molecule has 182 valence electrons. The second-order valence-corrected chi connectivity index (χ2v) is 9.21. The molecule has 0 saturated heterocycles. The molecule has 3 aromatic carbocycles. The van der Waals surface area contributed by atoms with Gasteiger partial charge in [-0.25, -0.2) is 8.78 Å². The normalized spacial score (nSPS) is 12.0. The number of rotatable bonds is 6. The smallest absolute Gasteiger partial charge is 0.255 e. The second-order valence-electron chi connectivity index (χ2n) is 7.62. The molecule has 0 radical (unpaired) electrons. The number of hydrogen-bond donors (Lipinski definition) is 1. The van der Waals surface area contributed by atoms with Gasteiger partial charge in [-0.15, -0.1) is 0 Å². The van der Waals surface area contributed by atoms with E-state index in [4.69, 9.17) is 16.3 Å². The largest absolute Gasteiger partial charge is 0.588 e. The molecule has 1 N–H and O–H groups in total. The number of hydrogen-bond acceptors (Lipinski definition) is 6. The average Bonchev–Trinajstić information content (AvgIpc) is 3.36. The van der Waals surface area contributed by atoms with Gasteiger partial charge in [-0.05, 0) is 35.9 Å². The maximum absolute atomic E-state index is 15.1. The molecule has 0 aliphatic rings. The zero-order valence-corrected chi connectivity index (χ0v) is 20.1. The van der Waals surface area contributed by atoms with Gasteiger partial charge in [0, 0.05) is 35.2 Å². The number of benzene rings is 3. The van der Waals surface area contributed by atoms with Crippen LogP contribution in [0.25, 0.3) is 27.7 Å². The third-order valence-electron chi connectivity index (χ3n) is 5.43. The van der Waals surface area contributed by atoms with Gasteiger partial charge in [-0.3, -0.25) is 9.36 Å². The number of ether oxygens (including phenoxy) is 1. The third kappa shape index (κ3) is 4.41. The fraction of sp³-hybridized carbons (Fsp3) is 0.0400. The number of aromatic nitrogens is 2. The summed E-state index contributed by atoms with van der Waals surface area (Å²) in [7, 11) is 1.41. The maximum atomic E-state index is 15.1. The average molecular weight is 528 g/mol. The van der Waals surface area contributed by atoms with Crippen LogP contribution < -0.4 is 15.0 Å². The first kappa shape index (κ1) is 23.9. The lowest BCUT2D eigenvalue weighted by atomic mass is 10.0. The number of nitrogens with zero attached hydrogens (tertiary/aromatic N) is 2. The van der Waals surface area contributed by atoms with Crippen LogP contribution in [0.15, 0.2) is 87.2 Å². The zero-order chi connectivity index (χ0) is 25.4. The van der Waals surface area contributed by atoms with E-state index in [0.29, 0.717) is 16.5 Å². The van der Waals surface area contributed by atoms with Crippen molar-refractivity contribution in [3.05, 3.63) is 100 Å². The molecule has 0 aliphatic carbocycles. The topological polar surface area (TPSA) is 92.3 Å².